The van der Waals surface area contributed by atoms with E-state index in [0.29, 0.717) is 23.5 Å². The van der Waals surface area contributed by atoms with Crippen molar-refractivity contribution in [1.82, 2.24) is 10.0 Å². The van der Waals surface area contributed by atoms with Crippen molar-refractivity contribution in [2.45, 2.75) is 48.7 Å². The summed E-state index contributed by atoms with van der Waals surface area (Å²) in [5.74, 6) is 0.216. The summed E-state index contributed by atoms with van der Waals surface area (Å²) < 4.78 is 39.2. The Hall–Kier alpha value is -1.84. The molecule has 0 spiro atoms. The highest BCUT2D eigenvalue weighted by molar-refractivity contribution is 7.89. The van der Waals surface area contributed by atoms with Crippen molar-refractivity contribution in [1.29, 1.82) is 0 Å². The van der Waals surface area contributed by atoms with E-state index in [4.69, 9.17) is 9.47 Å². The predicted molar refractivity (Wildman–Crippen MR) is 90.4 cm³/mol. The van der Waals surface area contributed by atoms with Gasteiger partial charge in [-0.2, -0.15) is 0 Å². The number of hydrogen-bond acceptors (Lipinski definition) is 6. The molecule has 3 heterocycles. The molecule has 9 heteroatoms. The number of methoxy groups -OCH3 is 1. The van der Waals surface area contributed by atoms with Crippen LogP contribution in [0, 0.1) is 0 Å². The fraction of sp³-hybridized carbons (Fsp3) is 0.562. The minimum Gasteiger partial charge on any atom is -0.495 e. The topological polar surface area (TPSA) is 106 Å². The van der Waals surface area contributed by atoms with Gasteiger partial charge in [0.05, 0.1) is 12.8 Å². The van der Waals surface area contributed by atoms with Crippen LogP contribution >= 0.6 is 0 Å². The average molecular weight is 367 g/mol. The maximum Gasteiger partial charge on any atom is 0.262 e. The molecule has 25 heavy (non-hydrogen) atoms. The monoisotopic (exact) mass is 367 g/mol. The molecule has 2 bridgehead atoms. The number of hydrogen-bond donors (Lipinski definition) is 3. The Morgan fingerprint density at radius 3 is 2.64 bits per heavy atom. The van der Waals surface area contributed by atoms with Gasteiger partial charge in [0.25, 0.3) is 5.91 Å². The fourth-order valence-corrected chi connectivity index (χ4v) is 5.32. The molecule has 0 aromatic heterocycles. The summed E-state index contributed by atoms with van der Waals surface area (Å²) >= 11 is 0. The lowest BCUT2D eigenvalue weighted by Gasteiger charge is -2.29. The van der Waals surface area contributed by atoms with Crippen LogP contribution in [0.4, 0.5) is 5.69 Å². The van der Waals surface area contributed by atoms with Crippen molar-refractivity contribution >= 4 is 21.6 Å². The maximum absolute atomic E-state index is 12.9. The van der Waals surface area contributed by atoms with Crippen LogP contribution in [0.1, 0.15) is 25.7 Å². The van der Waals surface area contributed by atoms with Crippen LogP contribution in [0.15, 0.2) is 17.0 Å². The zero-order valence-corrected chi connectivity index (χ0v) is 14.7. The molecule has 2 unspecified atom stereocenters. The predicted octanol–water partition coefficient (Wildman–Crippen LogP) is 0.587. The first kappa shape index (κ1) is 16.6. The van der Waals surface area contributed by atoms with Crippen LogP contribution in [0.3, 0.4) is 0 Å². The molecule has 3 N–H and O–H groups in total. The van der Waals surface area contributed by atoms with Crippen LogP contribution in [0.2, 0.25) is 0 Å². The van der Waals surface area contributed by atoms with Gasteiger partial charge in [0.1, 0.15) is 16.4 Å². The highest BCUT2D eigenvalue weighted by Gasteiger charge is 2.36. The molecule has 1 amide bonds. The second-order valence-electron chi connectivity index (χ2n) is 6.76. The van der Waals surface area contributed by atoms with Crippen LogP contribution in [0.25, 0.3) is 0 Å². The van der Waals surface area contributed by atoms with E-state index < -0.39 is 10.0 Å². The number of piperidine rings is 1. The first-order valence-electron chi connectivity index (χ1n) is 8.37. The third-order valence-corrected chi connectivity index (χ3v) is 6.52. The largest absolute Gasteiger partial charge is 0.495 e. The van der Waals surface area contributed by atoms with E-state index in [1.165, 1.54) is 19.2 Å². The average Bonchev–Trinajstić information content (AvgIpc) is 2.91. The van der Waals surface area contributed by atoms with Crippen molar-refractivity contribution in [3.8, 4) is 11.5 Å². The molecule has 4 rings (SSSR count). The van der Waals surface area contributed by atoms with E-state index >= 15 is 0 Å². The van der Waals surface area contributed by atoms with Gasteiger partial charge in [-0.25, -0.2) is 13.1 Å². The molecule has 0 saturated carbocycles. The van der Waals surface area contributed by atoms with Gasteiger partial charge >= 0.3 is 0 Å². The van der Waals surface area contributed by atoms with Crippen molar-refractivity contribution in [2.75, 3.05) is 19.0 Å². The van der Waals surface area contributed by atoms with Crippen molar-refractivity contribution in [3.63, 3.8) is 0 Å². The summed E-state index contributed by atoms with van der Waals surface area (Å²) in [5, 5.41) is 6.14. The van der Waals surface area contributed by atoms with Gasteiger partial charge < -0.3 is 20.1 Å². The molecule has 2 saturated heterocycles. The van der Waals surface area contributed by atoms with Crippen molar-refractivity contribution in [2.24, 2.45) is 0 Å². The molecule has 136 valence electrons. The lowest BCUT2D eigenvalue weighted by atomic mass is 10.0. The minimum absolute atomic E-state index is 0.0239. The molecule has 3 aliphatic rings. The van der Waals surface area contributed by atoms with Gasteiger partial charge in [-0.1, -0.05) is 0 Å². The Morgan fingerprint density at radius 1 is 1.24 bits per heavy atom. The van der Waals surface area contributed by atoms with Crippen LogP contribution in [0.5, 0.6) is 11.5 Å². The lowest BCUT2D eigenvalue weighted by molar-refractivity contribution is -0.118. The van der Waals surface area contributed by atoms with Gasteiger partial charge in [0, 0.05) is 30.3 Å². The number of amides is 1. The summed E-state index contributed by atoms with van der Waals surface area (Å²) in [6, 6.07) is 3.56. The summed E-state index contributed by atoms with van der Waals surface area (Å²) in [4.78, 5) is 11.4. The zero-order valence-electron chi connectivity index (χ0n) is 13.9. The highest BCUT2D eigenvalue weighted by Crippen LogP contribution is 2.37. The zero-order chi connectivity index (χ0) is 17.6. The van der Waals surface area contributed by atoms with E-state index in [0.717, 1.165) is 25.7 Å². The molecule has 1 aromatic carbocycles. The molecular formula is C16H21N3O5S. The number of carbonyl (C=O) groups excluding carboxylic acids is 1. The highest BCUT2D eigenvalue weighted by atomic mass is 32.2. The van der Waals surface area contributed by atoms with E-state index in [1.807, 2.05) is 0 Å². The standard InChI is InChI=1S/C16H21N3O5S/c1-23-14-6-12-13(24-8-16(20)18-12)7-15(14)25(21,22)19-11-4-9-2-3-10(5-11)17-9/h6-7,9-11,17,19H,2-5,8H2,1H3,(H,18,20). The third-order valence-electron chi connectivity index (χ3n) is 4.98. The Balaban J connectivity index is 1.62. The third kappa shape index (κ3) is 3.19. The molecule has 2 fully saturated rings. The molecule has 1 aromatic rings. The van der Waals surface area contributed by atoms with Gasteiger partial charge in [0.15, 0.2) is 6.61 Å². The van der Waals surface area contributed by atoms with E-state index in [9.17, 15) is 13.2 Å². The van der Waals surface area contributed by atoms with Gasteiger partial charge in [0.2, 0.25) is 10.0 Å². The number of ether oxygens (including phenoxy) is 2. The molecule has 0 aliphatic carbocycles. The Morgan fingerprint density at radius 2 is 1.96 bits per heavy atom. The van der Waals surface area contributed by atoms with Gasteiger partial charge in [-0.05, 0) is 25.7 Å². The smallest absolute Gasteiger partial charge is 0.262 e. The Kier molecular flexibility index (Phi) is 4.09. The molecule has 8 nitrogen and oxygen atoms in total. The summed E-state index contributed by atoms with van der Waals surface area (Å²) in [6.07, 6.45) is 3.77. The molecule has 0 radical (unpaired) electrons. The SMILES string of the molecule is COc1cc2c(cc1S(=O)(=O)NC1CC3CCC(C1)N3)OCC(=O)N2. The summed E-state index contributed by atoms with van der Waals surface area (Å²) in [7, 11) is -2.36. The van der Waals surface area contributed by atoms with E-state index in [2.05, 4.69) is 15.4 Å². The second-order valence-corrected chi connectivity index (χ2v) is 8.45. The van der Waals surface area contributed by atoms with Gasteiger partial charge in [-0.3, -0.25) is 4.79 Å². The maximum atomic E-state index is 12.9. The van der Waals surface area contributed by atoms with E-state index in [-0.39, 0.29) is 29.2 Å². The first-order chi connectivity index (χ1) is 11.9. The molecular weight excluding hydrogens is 346 g/mol. The van der Waals surface area contributed by atoms with Crippen LogP contribution < -0.4 is 24.8 Å². The lowest BCUT2D eigenvalue weighted by Crippen LogP contribution is -2.47. The quantitative estimate of drug-likeness (QED) is 0.719. The number of sulfonamides is 1. The van der Waals surface area contributed by atoms with Crippen molar-refractivity contribution < 1.29 is 22.7 Å². The van der Waals surface area contributed by atoms with E-state index in [1.54, 1.807) is 0 Å². The Bertz CT molecular complexity index is 798. The summed E-state index contributed by atoms with van der Waals surface area (Å²) in [5.41, 5.74) is 0.409. The number of rotatable bonds is 4. The Labute approximate surface area is 146 Å². The number of fused-ring (bicyclic) bond motifs is 3. The van der Waals surface area contributed by atoms with Gasteiger partial charge in [-0.15, -0.1) is 0 Å². The number of benzene rings is 1. The fourth-order valence-electron chi connectivity index (χ4n) is 3.89. The number of anilines is 1. The van der Waals surface area contributed by atoms with Crippen LogP contribution in [-0.4, -0.2) is 46.2 Å². The molecule has 3 aliphatic heterocycles. The minimum atomic E-state index is -3.76. The normalized spacial score (nSPS) is 28.0. The second kappa shape index (κ2) is 6.15. The molecule has 2 atom stereocenters. The number of nitrogens with one attached hydrogen (secondary N) is 3. The number of carbonyl (C=O) groups is 1. The van der Waals surface area contributed by atoms with Crippen molar-refractivity contribution in [3.05, 3.63) is 12.1 Å². The first-order valence-corrected chi connectivity index (χ1v) is 9.86. The summed E-state index contributed by atoms with van der Waals surface area (Å²) in [6.45, 7) is -0.135. The van der Waals surface area contributed by atoms with Crippen LogP contribution in [-0.2, 0) is 14.8 Å².